The average molecular weight is 597 g/mol. The highest BCUT2D eigenvalue weighted by Crippen LogP contribution is 2.36. The fourth-order valence-corrected chi connectivity index (χ4v) is 5.71. The van der Waals surface area contributed by atoms with Gasteiger partial charge in [-0.25, -0.2) is 9.67 Å². The number of pyridine rings is 1. The van der Waals surface area contributed by atoms with Crippen LogP contribution < -0.4 is 4.74 Å². The van der Waals surface area contributed by atoms with Gasteiger partial charge >= 0.3 is 6.18 Å². The van der Waals surface area contributed by atoms with Crippen LogP contribution in [0.3, 0.4) is 0 Å². The minimum Gasteiger partial charge on any atom is -0.493 e. The largest absolute Gasteiger partial charge is 0.493 e. The quantitative estimate of drug-likeness (QED) is 0.272. The molecule has 0 amide bonds. The van der Waals surface area contributed by atoms with E-state index in [-0.39, 0.29) is 30.8 Å². The number of benzene rings is 1. The third-order valence-corrected chi connectivity index (χ3v) is 8.30. The van der Waals surface area contributed by atoms with Crippen molar-refractivity contribution in [1.82, 2.24) is 19.7 Å². The lowest BCUT2D eigenvalue weighted by atomic mass is 10.0. The van der Waals surface area contributed by atoms with E-state index in [0.29, 0.717) is 42.2 Å². The van der Waals surface area contributed by atoms with Gasteiger partial charge in [-0.2, -0.15) is 18.3 Å². The first-order valence-corrected chi connectivity index (χ1v) is 14.9. The zero-order valence-corrected chi connectivity index (χ0v) is 24.9. The van der Waals surface area contributed by atoms with Gasteiger partial charge in [0, 0.05) is 41.8 Å². The van der Waals surface area contributed by atoms with Crippen LogP contribution in [0.2, 0.25) is 0 Å². The standard InChI is InChI=1S/C33H39F3N4O3/c1-4-23(3)39-16-15-26(19-39)29-14-13-24(20-42-29)21-43-31-22(2)8-5-10-27(31)28-11-6-12-30(38-28)40-32(33(34,35)36)25(18-37-40)9-7-17-41/h5-6,8,10-14,18,23,26,41H,4,7,9,15-17,19-21H2,1-3H3. The maximum absolute atomic E-state index is 14.1. The van der Waals surface area contributed by atoms with Crippen molar-refractivity contribution in [3.63, 3.8) is 0 Å². The molecule has 43 heavy (non-hydrogen) atoms. The zero-order chi connectivity index (χ0) is 30.6. The van der Waals surface area contributed by atoms with Crippen molar-refractivity contribution in [3.8, 4) is 22.8 Å². The summed E-state index contributed by atoms with van der Waals surface area (Å²) in [6, 6.07) is 11.1. The molecule has 7 nitrogen and oxygen atoms in total. The van der Waals surface area contributed by atoms with E-state index in [9.17, 15) is 13.2 Å². The van der Waals surface area contributed by atoms with E-state index in [0.717, 1.165) is 47.5 Å². The van der Waals surface area contributed by atoms with Crippen molar-refractivity contribution < 1.29 is 27.8 Å². The second-order valence-corrected chi connectivity index (χ2v) is 11.3. The molecule has 2 unspecified atom stereocenters. The molecule has 3 aromatic rings. The van der Waals surface area contributed by atoms with Gasteiger partial charge in [-0.1, -0.05) is 31.2 Å². The third-order valence-electron chi connectivity index (χ3n) is 8.30. The smallest absolute Gasteiger partial charge is 0.433 e. The number of aromatic nitrogens is 3. The highest BCUT2D eigenvalue weighted by atomic mass is 19.4. The number of hydrogen-bond donors (Lipinski definition) is 1. The summed E-state index contributed by atoms with van der Waals surface area (Å²) in [6.07, 6.45) is 3.21. The van der Waals surface area contributed by atoms with Crippen LogP contribution in [-0.2, 0) is 17.3 Å². The Morgan fingerprint density at radius 3 is 2.70 bits per heavy atom. The number of hydrogen-bond acceptors (Lipinski definition) is 6. The van der Waals surface area contributed by atoms with Crippen LogP contribution in [-0.4, -0.2) is 63.7 Å². The zero-order valence-electron chi connectivity index (χ0n) is 24.9. The number of halogens is 3. The summed E-state index contributed by atoms with van der Waals surface area (Å²) in [6.45, 7) is 9.10. The van der Waals surface area contributed by atoms with Crippen molar-refractivity contribution in [2.75, 3.05) is 32.9 Å². The average Bonchev–Trinajstić information content (AvgIpc) is 3.67. The molecular weight excluding hydrogens is 557 g/mol. The molecule has 0 spiro atoms. The molecule has 0 radical (unpaired) electrons. The summed E-state index contributed by atoms with van der Waals surface area (Å²) < 4.78 is 55.5. The summed E-state index contributed by atoms with van der Waals surface area (Å²) in [4.78, 5) is 7.09. The number of likely N-dealkylation sites (tertiary alicyclic amines) is 1. The number of allylic oxidation sites excluding steroid dienone is 2. The van der Waals surface area contributed by atoms with E-state index in [1.165, 1.54) is 12.3 Å². The summed E-state index contributed by atoms with van der Waals surface area (Å²) in [5.41, 5.74) is 2.17. The molecule has 1 N–H and O–H groups in total. The van der Waals surface area contributed by atoms with Gasteiger partial charge in [0.15, 0.2) is 11.5 Å². The highest BCUT2D eigenvalue weighted by molar-refractivity contribution is 5.69. The predicted molar refractivity (Wildman–Crippen MR) is 159 cm³/mol. The monoisotopic (exact) mass is 596 g/mol. The van der Waals surface area contributed by atoms with Crippen molar-refractivity contribution >= 4 is 0 Å². The molecule has 2 atom stereocenters. The fraction of sp³-hybridized carbons (Fsp3) is 0.455. The molecule has 1 fully saturated rings. The van der Waals surface area contributed by atoms with Crippen LogP contribution in [0.25, 0.3) is 17.1 Å². The van der Waals surface area contributed by atoms with Crippen molar-refractivity contribution in [3.05, 3.63) is 82.9 Å². The molecule has 5 rings (SSSR count). The van der Waals surface area contributed by atoms with Crippen LogP contribution in [0.5, 0.6) is 5.75 Å². The minimum atomic E-state index is -4.63. The normalized spacial score (nSPS) is 18.3. The van der Waals surface area contributed by atoms with Gasteiger partial charge in [0.2, 0.25) is 0 Å². The van der Waals surface area contributed by atoms with Crippen molar-refractivity contribution in [2.45, 2.75) is 58.7 Å². The first-order valence-electron chi connectivity index (χ1n) is 14.9. The van der Waals surface area contributed by atoms with Crippen LogP contribution in [0.15, 0.2) is 66.1 Å². The predicted octanol–water partition coefficient (Wildman–Crippen LogP) is 6.53. The lowest BCUT2D eigenvalue weighted by Crippen LogP contribution is -2.30. The topological polar surface area (TPSA) is 72.6 Å². The van der Waals surface area contributed by atoms with Gasteiger partial charge in [0.25, 0.3) is 0 Å². The third kappa shape index (κ3) is 6.96. The summed E-state index contributed by atoms with van der Waals surface area (Å²) in [5, 5.41) is 13.1. The summed E-state index contributed by atoms with van der Waals surface area (Å²) in [5.74, 6) is 2.10. The van der Waals surface area contributed by atoms with Crippen molar-refractivity contribution in [1.29, 1.82) is 0 Å². The number of nitrogens with zero attached hydrogens (tertiary/aromatic N) is 4. The van der Waals surface area contributed by atoms with Crippen LogP contribution in [0.1, 0.15) is 49.9 Å². The highest BCUT2D eigenvalue weighted by Gasteiger charge is 2.38. The Kier molecular flexibility index (Phi) is 9.56. The number of rotatable bonds is 11. The van der Waals surface area contributed by atoms with E-state index in [1.54, 1.807) is 12.1 Å². The Labute approximate surface area is 250 Å². The Morgan fingerprint density at radius 2 is 1.98 bits per heavy atom. The maximum Gasteiger partial charge on any atom is 0.433 e. The molecule has 230 valence electrons. The van der Waals surface area contributed by atoms with E-state index in [2.05, 4.69) is 41.0 Å². The molecule has 1 aromatic carbocycles. The van der Waals surface area contributed by atoms with Crippen LogP contribution in [0, 0.1) is 12.8 Å². The first-order chi connectivity index (χ1) is 20.7. The Balaban J connectivity index is 1.35. The second kappa shape index (κ2) is 13.3. The Bertz CT molecular complexity index is 1480. The van der Waals surface area contributed by atoms with E-state index in [1.807, 2.05) is 25.1 Å². The van der Waals surface area contributed by atoms with E-state index >= 15 is 0 Å². The number of para-hydroxylation sites is 1. The fourth-order valence-electron chi connectivity index (χ4n) is 5.71. The van der Waals surface area contributed by atoms with Gasteiger partial charge < -0.3 is 14.6 Å². The molecule has 2 aliphatic rings. The van der Waals surface area contributed by atoms with Gasteiger partial charge in [0.05, 0.1) is 11.9 Å². The second-order valence-electron chi connectivity index (χ2n) is 11.3. The lowest BCUT2D eigenvalue weighted by molar-refractivity contribution is -0.143. The van der Waals surface area contributed by atoms with Gasteiger partial charge in [0.1, 0.15) is 24.7 Å². The molecule has 0 bridgehead atoms. The molecule has 4 heterocycles. The maximum atomic E-state index is 14.1. The SMILES string of the molecule is CCC(C)N1CCC(C2=CC=C(COc3c(C)cccc3-c3cccc(-n4ncc(CCCO)c4C(F)(F)F)n3)CO2)C1. The van der Waals surface area contributed by atoms with Gasteiger partial charge in [-0.3, -0.25) is 4.90 Å². The van der Waals surface area contributed by atoms with E-state index < -0.39 is 11.9 Å². The molecular formula is C33H39F3N4O3. The molecule has 10 heteroatoms. The Hall–Kier alpha value is -3.63. The number of alkyl halides is 3. The van der Waals surface area contributed by atoms with Gasteiger partial charge in [-0.05, 0) is 75.9 Å². The molecule has 0 saturated carbocycles. The van der Waals surface area contributed by atoms with E-state index in [4.69, 9.17) is 14.6 Å². The first kappa shape index (κ1) is 30.8. The molecule has 2 aromatic heterocycles. The Morgan fingerprint density at radius 1 is 1.16 bits per heavy atom. The molecule has 1 saturated heterocycles. The van der Waals surface area contributed by atoms with Crippen LogP contribution >= 0.6 is 0 Å². The van der Waals surface area contributed by atoms with Gasteiger partial charge in [-0.15, -0.1) is 0 Å². The minimum absolute atomic E-state index is 0.0225. The molecule has 0 aliphatic carbocycles. The van der Waals surface area contributed by atoms with Crippen molar-refractivity contribution in [2.24, 2.45) is 5.92 Å². The summed E-state index contributed by atoms with van der Waals surface area (Å²) >= 11 is 0. The number of ether oxygens (including phenoxy) is 2. The van der Waals surface area contributed by atoms with Crippen LogP contribution in [0.4, 0.5) is 13.2 Å². The number of aliphatic hydroxyl groups excluding tert-OH is 1. The lowest BCUT2D eigenvalue weighted by Gasteiger charge is -2.25. The number of aryl methyl sites for hydroxylation is 2. The summed E-state index contributed by atoms with van der Waals surface area (Å²) in [7, 11) is 0. The number of aliphatic hydroxyl groups is 1. The molecule has 2 aliphatic heterocycles.